The predicted octanol–water partition coefficient (Wildman–Crippen LogP) is 3.58. The first-order valence-corrected chi connectivity index (χ1v) is 7.37. The summed E-state index contributed by atoms with van der Waals surface area (Å²) in [6.45, 7) is 1.38. The number of halogens is 3. The van der Waals surface area contributed by atoms with Gasteiger partial charge in [-0.2, -0.15) is 0 Å². The van der Waals surface area contributed by atoms with Crippen molar-refractivity contribution in [3.63, 3.8) is 0 Å². The van der Waals surface area contributed by atoms with Crippen molar-refractivity contribution < 1.29 is 24.0 Å². The van der Waals surface area contributed by atoms with E-state index >= 15 is 0 Å². The van der Waals surface area contributed by atoms with Gasteiger partial charge in [0.05, 0.1) is 18.1 Å². The van der Waals surface area contributed by atoms with E-state index in [9.17, 15) is 24.4 Å². The number of carbonyl (C=O) groups is 1. The van der Waals surface area contributed by atoms with Gasteiger partial charge in [0.15, 0.2) is 5.02 Å². The number of aliphatic hydroxyl groups is 1. The Balaban J connectivity index is 3.67. The van der Waals surface area contributed by atoms with Crippen LogP contribution in [0.2, 0.25) is 10.0 Å². The molecule has 0 heterocycles. The quantitative estimate of drug-likeness (QED) is 0.117. The fraction of sp³-hybridized carbons (Fsp3) is 0.200. The molecule has 0 aliphatic heterocycles. The summed E-state index contributed by atoms with van der Waals surface area (Å²) in [5.41, 5.74) is -1.98. The second-order valence-corrected chi connectivity index (χ2v) is 5.05. The van der Waals surface area contributed by atoms with Crippen molar-refractivity contribution in [1.29, 1.82) is 0 Å². The van der Waals surface area contributed by atoms with Crippen molar-refractivity contribution in [3.8, 4) is 12.3 Å². The van der Waals surface area contributed by atoms with E-state index in [-0.39, 0.29) is 13.2 Å². The number of aliphatic hydroxyl groups excluding tert-OH is 1. The molecule has 0 atom stereocenters. The van der Waals surface area contributed by atoms with Gasteiger partial charge in [-0.05, 0) is 13.0 Å². The Labute approximate surface area is 151 Å². The molecule has 0 aliphatic carbocycles. The summed E-state index contributed by atoms with van der Waals surface area (Å²) in [7, 11) is 0. The largest absolute Gasteiger partial charge is 0.506 e. The van der Waals surface area contributed by atoms with E-state index in [1.165, 1.54) is 6.92 Å². The Morgan fingerprint density at radius 1 is 1.56 bits per heavy atom. The summed E-state index contributed by atoms with van der Waals surface area (Å²) in [6, 6.07) is 0.654. The molecule has 1 rings (SSSR count). The molecular weight excluding hydrogens is 378 g/mol. The lowest BCUT2D eigenvalue weighted by Gasteiger charge is -2.10. The van der Waals surface area contributed by atoms with Crippen LogP contribution in [-0.4, -0.2) is 35.4 Å². The number of hydrogen-bond acceptors (Lipinski definition) is 6. The minimum atomic E-state index is -1.21. The summed E-state index contributed by atoms with van der Waals surface area (Å²) in [6.07, 6.45) is 5.94. The summed E-state index contributed by atoms with van der Waals surface area (Å²) in [4.78, 5) is 25.7. The smallest absolute Gasteiger partial charge is 0.343 e. The Hall–Kier alpha value is -2.63. The van der Waals surface area contributed by atoms with Crippen LogP contribution >= 0.6 is 23.2 Å². The van der Waals surface area contributed by atoms with Crippen molar-refractivity contribution in [2.75, 3.05) is 13.2 Å². The van der Waals surface area contributed by atoms with Crippen LogP contribution < -0.4 is 0 Å². The average molecular weight is 389 g/mol. The molecule has 0 unspecified atom stereocenters. The molecule has 0 radical (unpaired) electrons. The lowest BCUT2D eigenvalue weighted by atomic mass is 10.1. The van der Waals surface area contributed by atoms with E-state index in [1.807, 2.05) is 0 Å². The molecular formula is C15H11Cl2FN2O5. The van der Waals surface area contributed by atoms with Gasteiger partial charge in [0.25, 0.3) is 0 Å². The van der Waals surface area contributed by atoms with Gasteiger partial charge < -0.3 is 9.84 Å². The number of ether oxygens (including phenoxy) is 1. The molecule has 1 aromatic carbocycles. The first-order valence-electron chi connectivity index (χ1n) is 6.62. The summed E-state index contributed by atoms with van der Waals surface area (Å²) in [5, 5.41) is 19.8. The molecule has 0 aromatic heterocycles. The maximum atomic E-state index is 13.9. The van der Waals surface area contributed by atoms with E-state index < -0.39 is 49.3 Å². The fourth-order valence-electron chi connectivity index (χ4n) is 1.68. The number of terminal acetylenes is 1. The van der Waals surface area contributed by atoms with Gasteiger partial charge in [-0.3, -0.25) is 15.1 Å². The molecule has 7 nitrogen and oxygen atoms in total. The highest BCUT2D eigenvalue weighted by Crippen LogP contribution is 2.39. The van der Waals surface area contributed by atoms with E-state index in [0.717, 1.165) is 6.21 Å². The standard InChI is InChI=1S/C15H11Cl2FN2O5/c1-3-5-19-7-9(15(22)25-4-2)14(21)8-6-10(18)12(17)13(11(8)16)20(23)24/h1,6-7,21H,4-5H2,2H3. The van der Waals surface area contributed by atoms with Crippen LogP contribution in [0.1, 0.15) is 12.5 Å². The molecule has 0 saturated heterocycles. The number of hydrogen-bond donors (Lipinski definition) is 1. The molecule has 1 aromatic rings. The predicted molar refractivity (Wildman–Crippen MR) is 91.4 cm³/mol. The molecule has 0 aliphatic rings. The first kappa shape index (κ1) is 20.4. The zero-order valence-corrected chi connectivity index (χ0v) is 14.3. The lowest BCUT2D eigenvalue weighted by Crippen LogP contribution is -2.12. The van der Waals surface area contributed by atoms with E-state index in [2.05, 4.69) is 10.9 Å². The van der Waals surface area contributed by atoms with Crippen molar-refractivity contribution in [2.24, 2.45) is 4.99 Å². The Kier molecular flexibility index (Phi) is 7.36. The molecule has 25 heavy (non-hydrogen) atoms. The van der Waals surface area contributed by atoms with Crippen LogP contribution in [0.25, 0.3) is 5.76 Å². The zero-order valence-electron chi connectivity index (χ0n) is 12.8. The first-order chi connectivity index (χ1) is 11.8. The van der Waals surface area contributed by atoms with Gasteiger partial charge in [-0.1, -0.05) is 29.1 Å². The van der Waals surface area contributed by atoms with Crippen molar-refractivity contribution >= 4 is 46.8 Å². The summed E-state index contributed by atoms with van der Waals surface area (Å²) in [5.74, 6) is -0.905. The lowest BCUT2D eigenvalue weighted by molar-refractivity contribution is -0.384. The number of nitrogens with zero attached hydrogens (tertiary/aromatic N) is 2. The number of carbonyl (C=O) groups excluding carboxylic acids is 1. The van der Waals surface area contributed by atoms with Gasteiger partial charge in [-0.25, -0.2) is 9.18 Å². The van der Waals surface area contributed by atoms with Gasteiger partial charge in [0.2, 0.25) is 0 Å². The fourth-order valence-corrected chi connectivity index (χ4v) is 2.25. The molecule has 132 valence electrons. The Morgan fingerprint density at radius 2 is 2.20 bits per heavy atom. The van der Waals surface area contributed by atoms with E-state index in [4.69, 9.17) is 34.4 Å². The molecule has 0 amide bonds. The second kappa shape index (κ2) is 9.01. The Morgan fingerprint density at radius 3 is 2.72 bits per heavy atom. The number of esters is 1. The maximum absolute atomic E-state index is 13.9. The number of benzene rings is 1. The van der Waals surface area contributed by atoms with Crippen LogP contribution in [-0.2, 0) is 9.53 Å². The topological polar surface area (TPSA) is 102 Å². The highest BCUT2D eigenvalue weighted by molar-refractivity contribution is 6.39. The molecule has 10 heteroatoms. The van der Waals surface area contributed by atoms with Gasteiger partial charge in [-0.15, -0.1) is 6.42 Å². The summed E-state index contributed by atoms with van der Waals surface area (Å²) < 4.78 is 18.6. The normalized spacial score (nSPS) is 11.8. The van der Waals surface area contributed by atoms with Crippen LogP contribution in [0.15, 0.2) is 16.6 Å². The SMILES string of the molecule is C#CCN=CC(C(=O)OCC)=C(O)c1cc(F)c(Cl)c([N+](=O)[O-])c1Cl. The third-order valence-electron chi connectivity index (χ3n) is 2.72. The molecule has 0 saturated carbocycles. The average Bonchev–Trinajstić information content (AvgIpc) is 2.54. The molecule has 1 N–H and O–H groups in total. The van der Waals surface area contributed by atoms with Gasteiger partial charge in [0, 0.05) is 11.8 Å². The van der Waals surface area contributed by atoms with Crippen molar-refractivity contribution in [2.45, 2.75) is 6.92 Å². The minimum absolute atomic E-state index is 0.0263. The van der Waals surface area contributed by atoms with Crippen LogP contribution in [0, 0.1) is 28.3 Å². The second-order valence-electron chi connectivity index (χ2n) is 4.30. The highest BCUT2D eigenvalue weighted by Gasteiger charge is 2.28. The van der Waals surface area contributed by atoms with Crippen molar-refractivity contribution in [1.82, 2.24) is 0 Å². The highest BCUT2D eigenvalue weighted by atomic mass is 35.5. The third-order valence-corrected chi connectivity index (χ3v) is 3.47. The molecule has 0 spiro atoms. The molecule has 0 fully saturated rings. The number of nitro benzene ring substituents is 1. The number of nitro groups is 1. The maximum Gasteiger partial charge on any atom is 0.343 e. The number of aliphatic imine (C=N–C) groups is 1. The van der Waals surface area contributed by atoms with Gasteiger partial charge in [0.1, 0.15) is 22.2 Å². The van der Waals surface area contributed by atoms with Gasteiger partial charge >= 0.3 is 11.7 Å². The van der Waals surface area contributed by atoms with Crippen LogP contribution in [0.3, 0.4) is 0 Å². The molecule has 0 bridgehead atoms. The number of rotatable bonds is 6. The summed E-state index contributed by atoms with van der Waals surface area (Å²) >= 11 is 11.4. The monoisotopic (exact) mass is 388 g/mol. The zero-order chi connectivity index (χ0) is 19.1. The van der Waals surface area contributed by atoms with E-state index in [0.29, 0.717) is 6.07 Å². The third kappa shape index (κ3) is 4.68. The van der Waals surface area contributed by atoms with Crippen LogP contribution in [0.4, 0.5) is 10.1 Å². The minimum Gasteiger partial charge on any atom is -0.506 e. The van der Waals surface area contributed by atoms with E-state index in [1.54, 1.807) is 0 Å². The van der Waals surface area contributed by atoms with Crippen molar-refractivity contribution in [3.05, 3.63) is 43.2 Å². The van der Waals surface area contributed by atoms with Crippen LogP contribution in [0.5, 0.6) is 0 Å². The Bertz CT molecular complexity index is 815.